The molecule has 2 aromatic carbocycles. The van der Waals surface area contributed by atoms with Crippen molar-refractivity contribution in [2.45, 2.75) is 27.7 Å². The summed E-state index contributed by atoms with van der Waals surface area (Å²) >= 11 is 0. The van der Waals surface area contributed by atoms with Crippen LogP contribution in [0.2, 0.25) is 0 Å². The number of anilines is 2. The number of aryl methyl sites for hydroxylation is 3. The number of rotatable bonds is 5. The Balaban J connectivity index is 2.10. The van der Waals surface area contributed by atoms with E-state index in [9.17, 15) is 4.79 Å². The standard InChI is InChI=1S/C20H24N2O2/c1-5-24-18-8-6-16(12-17(18)21)7-9-19(23)22-20-14(3)10-13(2)11-15(20)4/h6-12H,5,21H2,1-4H3,(H,22,23)/b9-7-. The van der Waals surface area contributed by atoms with Crippen molar-refractivity contribution in [1.82, 2.24) is 0 Å². The van der Waals surface area contributed by atoms with Gasteiger partial charge >= 0.3 is 0 Å². The fraction of sp³-hybridized carbons (Fsp3) is 0.250. The van der Waals surface area contributed by atoms with Gasteiger partial charge < -0.3 is 15.8 Å². The minimum atomic E-state index is -0.169. The molecule has 0 saturated heterocycles. The Kier molecular flexibility index (Phi) is 5.64. The van der Waals surface area contributed by atoms with Crippen LogP contribution in [0.25, 0.3) is 6.08 Å². The molecule has 0 heterocycles. The summed E-state index contributed by atoms with van der Waals surface area (Å²) in [7, 11) is 0. The Bertz CT molecular complexity index is 756. The Labute approximate surface area is 143 Å². The van der Waals surface area contributed by atoms with E-state index in [1.165, 1.54) is 11.6 Å². The van der Waals surface area contributed by atoms with Crippen LogP contribution >= 0.6 is 0 Å². The van der Waals surface area contributed by atoms with Gasteiger partial charge in [-0.05, 0) is 62.6 Å². The third-order valence-corrected chi connectivity index (χ3v) is 3.69. The van der Waals surface area contributed by atoms with Gasteiger partial charge in [0.05, 0.1) is 12.3 Å². The van der Waals surface area contributed by atoms with Gasteiger partial charge in [-0.2, -0.15) is 0 Å². The minimum absolute atomic E-state index is 0.169. The van der Waals surface area contributed by atoms with E-state index in [-0.39, 0.29) is 5.91 Å². The summed E-state index contributed by atoms with van der Waals surface area (Å²) in [6, 6.07) is 9.58. The highest BCUT2D eigenvalue weighted by Gasteiger charge is 2.06. The van der Waals surface area contributed by atoms with Gasteiger partial charge in [0.15, 0.2) is 0 Å². The Hall–Kier alpha value is -2.75. The zero-order valence-corrected chi connectivity index (χ0v) is 14.6. The largest absolute Gasteiger partial charge is 0.492 e. The summed E-state index contributed by atoms with van der Waals surface area (Å²) < 4.78 is 5.40. The average molecular weight is 324 g/mol. The lowest BCUT2D eigenvalue weighted by Crippen LogP contribution is -2.10. The number of benzene rings is 2. The maximum atomic E-state index is 12.2. The van der Waals surface area contributed by atoms with Crippen LogP contribution in [0.5, 0.6) is 5.75 Å². The first-order valence-electron chi connectivity index (χ1n) is 8.00. The van der Waals surface area contributed by atoms with E-state index in [4.69, 9.17) is 10.5 Å². The van der Waals surface area contributed by atoms with Crippen molar-refractivity contribution < 1.29 is 9.53 Å². The van der Waals surface area contributed by atoms with Crippen LogP contribution in [-0.4, -0.2) is 12.5 Å². The van der Waals surface area contributed by atoms with E-state index in [1.54, 1.807) is 12.1 Å². The van der Waals surface area contributed by atoms with Crippen molar-refractivity contribution in [3.05, 3.63) is 58.7 Å². The first kappa shape index (κ1) is 17.6. The van der Waals surface area contributed by atoms with Gasteiger partial charge in [-0.25, -0.2) is 0 Å². The molecular weight excluding hydrogens is 300 g/mol. The fourth-order valence-electron chi connectivity index (χ4n) is 2.67. The molecule has 0 aromatic heterocycles. The number of hydrogen-bond donors (Lipinski definition) is 2. The molecule has 0 aliphatic heterocycles. The van der Waals surface area contributed by atoms with Crippen molar-refractivity contribution in [1.29, 1.82) is 0 Å². The molecule has 24 heavy (non-hydrogen) atoms. The number of nitrogens with two attached hydrogens (primary N) is 1. The summed E-state index contributed by atoms with van der Waals surface area (Å²) in [5.74, 6) is 0.488. The van der Waals surface area contributed by atoms with E-state index in [2.05, 4.69) is 17.4 Å². The zero-order valence-electron chi connectivity index (χ0n) is 14.6. The molecule has 0 aliphatic rings. The highest BCUT2D eigenvalue weighted by atomic mass is 16.5. The maximum Gasteiger partial charge on any atom is 0.248 e. The van der Waals surface area contributed by atoms with Crippen LogP contribution in [0.3, 0.4) is 0 Å². The van der Waals surface area contributed by atoms with Crippen LogP contribution in [0, 0.1) is 20.8 Å². The molecule has 0 spiro atoms. The lowest BCUT2D eigenvalue weighted by Gasteiger charge is -2.11. The number of ether oxygens (including phenoxy) is 1. The third-order valence-electron chi connectivity index (χ3n) is 3.69. The topological polar surface area (TPSA) is 64.3 Å². The van der Waals surface area contributed by atoms with Crippen molar-refractivity contribution >= 4 is 23.4 Å². The highest BCUT2D eigenvalue weighted by Crippen LogP contribution is 2.24. The fourth-order valence-corrected chi connectivity index (χ4v) is 2.67. The van der Waals surface area contributed by atoms with Crippen LogP contribution < -0.4 is 15.8 Å². The molecule has 4 nitrogen and oxygen atoms in total. The quantitative estimate of drug-likeness (QED) is 0.638. The average Bonchev–Trinajstić information content (AvgIpc) is 2.51. The van der Waals surface area contributed by atoms with Gasteiger partial charge in [-0.3, -0.25) is 4.79 Å². The van der Waals surface area contributed by atoms with Gasteiger partial charge in [0.1, 0.15) is 5.75 Å². The Morgan fingerprint density at radius 2 is 1.83 bits per heavy atom. The normalized spacial score (nSPS) is 10.8. The van der Waals surface area contributed by atoms with Crippen LogP contribution in [0.4, 0.5) is 11.4 Å². The van der Waals surface area contributed by atoms with Crippen molar-refractivity contribution in [2.75, 3.05) is 17.7 Å². The molecule has 0 saturated carbocycles. The second kappa shape index (κ2) is 7.68. The number of nitrogens with one attached hydrogen (secondary N) is 1. The summed E-state index contributed by atoms with van der Waals surface area (Å²) in [6.45, 7) is 8.50. The molecule has 0 atom stereocenters. The molecule has 0 radical (unpaired) electrons. The summed E-state index contributed by atoms with van der Waals surface area (Å²) in [4.78, 5) is 12.2. The molecule has 126 valence electrons. The van der Waals surface area contributed by atoms with E-state index >= 15 is 0 Å². The zero-order chi connectivity index (χ0) is 17.7. The molecule has 4 heteroatoms. The lowest BCUT2D eigenvalue weighted by molar-refractivity contribution is -0.111. The van der Waals surface area contributed by atoms with Crippen LogP contribution in [0.15, 0.2) is 36.4 Å². The number of nitrogen functional groups attached to an aromatic ring is 1. The second-order valence-corrected chi connectivity index (χ2v) is 5.83. The predicted molar refractivity (Wildman–Crippen MR) is 100 cm³/mol. The first-order valence-corrected chi connectivity index (χ1v) is 8.00. The summed E-state index contributed by atoms with van der Waals surface area (Å²) in [6.07, 6.45) is 3.24. The van der Waals surface area contributed by atoms with Gasteiger partial charge in [0.2, 0.25) is 5.91 Å². The third kappa shape index (κ3) is 4.38. The summed E-state index contributed by atoms with van der Waals surface area (Å²) in [5, 5.41) is 2.94. The predicted octanol–water partition coefficient (Wildman–Crippen LogP) is 4.24. The number of carbonyl (C=O) groups is 1. The first-order chi connectivity index (χ1) is 11.4. The molecule has 1 amide bonds. The van der Waals surface area contributed by atoms with Gasteiger partial charge in [0, 0.05) is 11.8 Å². The van der Waals surface area contributed by atoms with E-state index < -0.39 is 0 Å². The van der Waals surface area contributed by atoms with Gasteiger partial charge in [-0.15, -0.1) is 0 Å². The van der Waals surface area contributed by atoms with Crippen LogP contribution in [-0.2, 0) is 4.79 Å². The molecule has 0 aliphatic carbocycles. The van der Waals surface area contributed by atoms with E-state index in [1.807, 2.05) is 39.8 Å². The van der Waals surface area contributed by atoms with Crippen molar-refractivity contribution in [3.8, 4) is 5.75 Å². The van der Waals surface area contributed by atoms with Crippen LogP contribution in [0.1, 0.15) is 29.2 Å². The Morgan fingerprint density at radius 1 is 1.17 bits per heavy atom. The SMILES string of the molecule is CCOc1ccc(/C=C\C(=O)Nc2c(C)cc(C)cc2C)cc1N. The molecular formula is C20H24N2O2. The minimum Gasteiger partial charge on any atom is -0.492 e. The molecule has 2 aromatic rings. The lowest BCUT2D eigenvalue weighted by atomic mass is 10.1. The van der Waals surface area contributed by atoms with Crippen molar-refractivity contribution in [2.24, 2.45) is 0 Å². The molecule has 0 bridgehead atoms. The van der Waals surface area contributed by atoms with Gasteiger partial charge in [-0.1, -0.05) is 23.8 Å². The van der Waals surface area contributed by atoms with E-state index in [0.29, 0.717) is 18.0 Å². The van der Waals surface area contributed by atoms with Crippen molar-refractivity contribution in [3.63, 3.8) is 0 Å². The molecule has 0 fully saturated rings. The molecule has 3 N–H and O–H groups in total. The second-order valence-electron chi connectivity index (χ2n) is 5.83. The Morgan fingerprint density at radius 3 is 2.42 bits per heavy atom. The number of amides is 1. The number of hydrogen-bond acceptors (Lipinski definition) is 3. The van der Waals surface area contributed by atoms with E-state index in [0.717, 1.165) is 22.4 Å². The summed E-state index contributed by atoms with van der Waals surface area (Å²) in [5.41, 5.74) is 11.5. The smallest absolute Gasteiger partial charge is 0.248 e. The van der Waals surface area contributed by atoms with Gasteiger partial charge in [0.25, 0.3) is 0 Å². The maximum absolute atomic E-state index is 12.2. The number of carbonyl (C=O) groups excluding carboxylic acids is 1. The highest BCUT2D eigenvalue weighted by molar-refractivity contribution is 6.02. The molecule has 0 unspecified atom stereocenters. The monoisotopic (exact) mass is 324 g/mol. The molecule has 2 rings (SSSR count).